The smallest absolute Gasteiger partial charge is 0.427 e. The van der Waals surface area contributed by atoms with Gasteiger partial charge in [-0.1, -0.05) is 37.1 Å². The molecule has 11 heteroatoms. The minimum Gasteiger partial charge on any atom is -0.427 e. The van der Waals surface area contributed by atoms with E-state index in [1.807, 2.05) is 24.3 Å². The van der Waals surface area contributed by atoms with Crippen molar-refractivity contribution in [3.05, 3.63) is 24.3 Å². The average Bonchev–Trinajstić information content (AvgIpc) is 2.77. The second kappa shape index (κ2) is 12.6. The van der Waals surface area contributed by atoms with Gasteiger partial charge in [-0.25, -0.2) is 4.79 Å². The summed E-state index contributed by atoms with van der Waals surface area (Å²) < 4.78 is 5.28. The molecule has 1 unspecified atom stereocenters. The van der Waals surface area contributed by atoms with Gasteiger partial charge in [0, 0.05) is 27.2 Å². The normalized spacial score (nSPS) is 21.1. The summed E-state index contributed by atoms with van der Waals surface area (Å²) in [7, 11) is 1.79. The highest BCUT2D eigenvalue weighted by Crippen LogP contribution is 2.25. The van der Waals surface area contributed by atoms with Gasteiger partial charge in [-0.15, -0.1) is 0 Å². The first-order valence-electron chi connectivity index (χ1n) is 11.1. The molecule has 0 aromatic rings. The van der Waals surface area contributed by atoms with E-state index in [-0.39, 0.29) is 18.6 Å². The highest BCUT2D eigenvalue weighted by atomic mass is 16.5. The van der Waals surface area contributed by atoms with Crippen molar-refractivity contribution in [2.75, 3.05) is 40.4 Å². The predicted octanol–water partition coefficient (Wildman–Crippen LogP) is -0.111. The van der Waals surface area contributed by atoms with Gasteiger partial charge in [0.1, 0.15) is 6.04 Å². The van der Waals surface area contributed by atoms with Crippen molar-refractivity contribution < 1.29 is 29.2 Å². The summed E-state index contributed by atoms with van der Waals surface area (Å²) in [6.45, 7) is 1.83. The SMILES string of the molecule is CN(C)C(=O)NC(CC(=O)N1CCOCC1)C(=O)N[C@@]1(CCCCB(O)O)C=CC=CC1. The predicted molar refractivity (Wildman–Crippen MR) is 121 cm³/mol. The first kappa shape index (κ1) is 25.9. The van der Waals surface area contributed by atoms with Crippen LogP contribution >= 0.6 is 0 Å². The van der Waals surface area contributed by atoms with Crippen LogP contribution in [0.25, 0.3) is 0 Å². The lowest BCUT2D eigenvalue weighted by molar-refractivity contribution is -0.138. The van der Waals surface area contributed by atoms with Gasteiger partial charge in [-0.05, 0) is 19.2 Å². The molecule has 1 fully saturated rings. The molecule has 0 bridgehead atoms. The van der Waals surface area contributed by atoms with Gasteiger partial charge in [-0.3, -0.25) is 9.59 Å². The minimum absolute atomic E-state index is 0.141. The third-order valence-corrected chi connectivity index (χ3v) is 5.61. The van der Waals surface area contributed by atoms with Gasteiger partial charge < -0.3 is 35.2 Å². The highest BCUT2D eigenvalue weighted by molar-refractivity contribution is 6.40. The summed E-state index contributed by atoms with van der Waals surface area (Å²) >= 11 is 0. The molecule has 0 aromatic carbocycles. The van der Waals surface area contributed by atoms with Gasteiger partial charge in [0.05, 0.1) is 25.2 Å². The van der Waals surface area contributed by atoms with Gasteiger partial charge in [0.15, 0.2) is 0 Å². The van der Waals surface area contributed by atoms with E-state index in [9.17, 15) is 14.4 Å². The second-order valence-electron chi connectivity index (χ2n) is 8.46. The monoisotopic (exact) mass is 450 g/mol. The molecule has 2 aliphatic rings. The number of nitrogens with one attached hydrogen (secondary N) is 2. The lowest BCUT2D eigenvalue weighted by Gasteiger charge is -2.35. The Morgan fingerprint density at radius 1 is 1.19 bits per heavy atom. The molecule has 0 aromatic heterocycles. The third-order valence-electron chi connectivity index (χ3n) is 5.61. The van der Waals surface area contributed by atoms with Crippen molar-refractivity contribution in [3.8, 4) is 0 Å². The van der Waals surface area contributed by atoms with Crippen molar-refractivity contribution in [1.82, 2.24) is 20.4 Å². The number of unbranched alkanes of at least 4 members (excludes halogenated alkanes) is 1. The summed E-state index contributed by atoms with van der Waals surface area (Å²) in [6.07, 6.45) is 10.2. The summed E-state index contributed by atoms with van der Waals surface area (Å²) in [5, 5.41) is 23.8. The largest absolute Gasteiger partial charge is 0.451 e. The number of amides is 4. The van der Waals surface area contributed by atoms with Crippen LogP contribution in [0.2, 0.25) is 6.32 Å². The number of morpholine rings is 1. The van der Waals surface area contributed by atoms with Crippen molar-refractivity contribution in [2.45, 2.75) is 50.0 Å². The van der Waals surface area contributed by atoms with E-state index in [4.69, 9.17) is 14.8 Å². The van der Waals surface area contributed by atoms with Gasteiger partial charge in [0.2, 0.25) is 11.8 Å². The van der Waals surface area contributed by atoms with Crippen LogP contribution in [0.3, 0.4) is 0 Å². The highest BCUT2D eigenvalue weighted by Gasteiger charge is 2.34. The fourth-order valence-corrected chi connectivity index (χ4v) is 3.71. The Balaban J connectivity index is 2.08. The molecule has 0 spiro atoms. The standard InChI is InChI=1S/C21H35BN4O6/c1-25(2)20(29)23-17(16-18(27)26-12-14-32-15-13-26)19(28)24-21(8-4-3-5-9-21)10-6-7-11-22(30)31/h3-5,8,17,30-31H,6-7,9-16H2,1-2H3,(H,23,29)(H,24,28)/t17?,21-/m0/s1. The lowest BCUT2D eigenvalue weighted by atomic mass is 9.80. The van der Waals surface area contributed by atoms with Crippen molar-refractivity contribution in [1.29, 1.82) is 0 Å². The fraction of sp³-hybridized carbons (Fsp3) is 0.667. The van der Waals surface area contributed by atoms with Crippen LogP contribution in [0, 0.1) is 0 Å². The molecule has 1 saturated heterocycles. The molecular weight excluding hydrogens is 415 g/mol. The summed E-state index contributed by atoms with van der Waals surface area (Å²) in [4.78, 5) is 41.3. The topological polar surface area (TPSA) is 131 Å². The maximum Gasteiger partial charge on any atom is 0.451 e. The lowest BCUT2D eigenvalue weighted by Crippen LogP contribution is -2.57. The van der Waals surface area contributed by atoms with Gasteiger partial charge in [-0.2, -0.15) is 0 Å². The Labute approximate surface area is 189 Å². The molecule has 32 heavy (non-hydrogen) atoms. The molecule has 178 valence electrons. The maximum atomic E-state index is 13.3. The summed E-state index contributed by atoms with van der Waals surface area (Å²) in [5.41, 5.74) is -0.657. The number of carbonyl (C=O) groups excluding carboxylic acids is 3. The summed E-state index contributed by atoms with van der Waals surface area (Å²) in [5.74, 6) is -0.637. The molecule has 2 atom stereocenters. The molecule has 1 aliphatic heterocycles. The van der Waals surface area contributed by atoms with Gasteiger partial charge >= 0.3 is 13.1 Å². The van der Waals surface area contributed by atoms with E-state index in [2.05, 4.69) is 10.6 Å². The Morgan fingerprint density at radius 3 is 2.50 bits per heavy atom. The molecule has 1 heterocycles. The Bertz CT molecular complexity index is 708. The molecule has 0 saturated carbocycles. The molecule has 4 amide bonds. The van der Waals surface area contributed by atoms with Gasteiger partial charge in [0.25, 0.3) is 0 Å². The van der Waals surface area contributed by atoms with Crippen LogP contribution in [-0.2, 0) is 14.3 Å². The number of allylic oxidation sites excluding steroid dienone is 2. The van der Waals surface area contributed by atoms with Crippen LogP contribution in [0.1, 0.15) is 32.1 Å². The number of ether oxygens (including phenoxy) is 1. The van der Waals surface area contributed by atoms with Crippen LogP contribution in [0.5, 0.6) is 0 Å². The molecule has 1 aliphatic carbocycles. The zero-order chi connectivity index (χ0) is 23.6. The van der Waals surface area contributed by atoms with Crippen molar-refractivity contribution >= 4 is 25.0 Å². The Kier molecular flexibility index (Phi) is 10.2. The van der Waals surface area contributed by atoms with Crippen LogP contribution in [-0.4, -0.2) is 96.8 Å². The molecule has 4 N–H and O–H groups in total. The number of rotatable bonds is 10. The first-order chi connectivity index (χ1) is 15.2. The van der Waals surface area contributed by atoms with Crippen LogP contribution in [0.15, 0.2) is 24.3 Å². The Hall–Kier alpha value is -2.37. The molecule has 10 nitrogen and oxygen atoms in total. The number of urea groups is 1. The number of nitrogens with zero attached hydrogens (tertiary/aromatic N) is 2. The first-order valence-corrected chi connectivity index (χ1v) is 11.1. The molecular formula is C21H35BN4O6. The van der Waals surface area contributed by atoms with E-state index < -0.39 is 30.6 Å². The third kappa shape index (κ3) is 8.29. The van der Waals surface area contributed by atoms with Crippen LogP contribution in [0.4, 0.5) is 4.79 Å². The van der Waals surface area contributed by atoms with E-state index in [0.29, 0.717) is 52.0 Å². The van der Waals surface area contributed by atoms with Crippen LogP contribution < -0.4 is 10.6 Å². The quantitative estimate of drug-likeness (QED) is 0.271. The summed E-state index contributed by atoms with van der Waals surface area (Å²) in [6, 6.07) is -1.47. The molecule has 2 rings (SSSR count). The van der Waals surface area contributed by atoms with Crippen molar-refractivity contribution in [2.24, 2.45) is 0 Å². The van der Waals surface area contributed by atoms with Crippen molar-refractivity contribution in [3.63, 3.8) is 0 Å². The number of hydrogen-bond acceptors (Lipinski definition) is 6. The number of carbonyl (C=O) groups is 3. The van der Waals surface area contributed by atoms with E-state index in [1.165, 1.54) is 4.90 Å². The fourth-order valence-electron chi connectivity index (χ4n) is 3.71. The van der Waals surface area contributed by atoms with E-state index >= 15 is 0 Å². The zero-order valence-corrected chi connectivity index (χ0v) is 19.0. The number of hydrogen-bond donors (Lipinski definition) is 4. The average molecular weight is 450 g/mol. The zero-order valence-electron chi connectivity index (χ0n) is 19.0. The minimum atomic E-state index is -1.35. The second-order valence-corrected chi connectivity index (χ2v) is 8.46. The van der Waals surface area contributed by atoms with E-state index in [0.717, 1.165) is 0 Å². The van der Waals surface area contributed by atoms with E-state index in [1.54, 1.807) is 19.0 Å². The maximum absolute atomic E-state index is 13.3. The Morgan fingerprint density at radius 2 is 1.91 bits per heavy atom. The molecule has 0 radical (unpaired) electrons.